The summed E-state index contributed by atoms with van der Waals surface area (Å²) in [6.07, 6.45) is 1.59. The summed E-state index contributed by atoms with van der Waals surface area (Å²) in [4.78, 5) is 15.5. The van der Waals surface area contributed by atoms with Gasteiger partial charge in [-0.15, -0.1) is 11.3 Å². The van der Waals surface area contributed by atoms with Gasteiger partial charge < -0.3 is 15.2 Å². The van der Waals surface area contributed by atoms with Crippen molar-refractivity contribution < 1.29 is 18.1 Å². The van der Waals surface area contributed by atoms with E-state index in [2.05, 4.69) is 5.16 Å². The van der Waals surface area contributed by atoms with Gasteiger partial charge in [0.1, 0.15) is 5.69 Å². The number of piperidine rings is 1. The van der Waals surface area contributed by atoms with Crippen molar-refractivity contribution in [3.63, 3.8) is 0 Å². The smallest absolute Gasteiger partial charge is 0.304 e. The summed E-state index contributed by atoms with van der Waals surface area (Å²) in [5.41, 5.74) is 6.51. The van der Waals surface area contributed by atoms with Gasteiger partial charge in [-0.3, -0.25) is 4.79 Å². The molecule has 26 heavy (non-hydrogen) atoms. The lowest BCUT2D eigenvalue weighted by atomic mass is 10.1. The molecule has 3 rings (SSSR count). The number of nitrogens with zero attached hydrogens (tertiary/aromatic N) is 2. The Morgan fingerprint density at radius 3 is 2.50 bits per heavy atom. The molecular weight excluding hydrogens is 360 g/mol. The average molecular weight is 385 g/mol. The molecule has 0 aromatic carbocycles. The molecule has 8 heteroatoms. The highest BCUT2D eigenvalue weighted by molar-refractivity contribution is 7.17. The molecule has 144 valence electrons. The molecule has 2 N–H and O–H groups in total. The van der Waals surface area contributed by atoms with Gasteiger partial charge in [0.15, 0.2) is 0 Å². The van der Waals surface area contributed by atoms with Gasteiger partial charge in [-0.25, -0.2) is 0 Å². The van der Waals surface area contributed by atoms with E-state index in [1.165, 1.54) is 11.3 Å². The monoisotopic (exact) mass is 385 g/mol. The summed E-state index contributed by atoms with van der Waals surface area (Å²) in [7, 11) is 0. The summed E-state index contributed by atoms with van der Waals surface area (Å²) >= 11 is 1.24. The Morgan fingerprint density at radius 1 is 1.35 bits per heavy atom. The lowest BCUT2D eigenvalue weighted by Gasteiger charge is -2.29. The highest BCUT2D eigenvalue weighted by atomic mass is 32.1. The summed E-state index contributed by atoms with van der Waals surface area (Å²) in [5.74, 6) is -3.58. The van der Waals surface area contributed by atoms with E-state index in [-0.39, 0.29) is 11.9 Å². The molecule has 5 nitrogen and oxygen atoms in total. The SMILES string of the molecule is CC.Cc1c(-c2ccc(C(=O)N3CCC(N)CC3)s2)noc1C(C)(F)F. The topological polar surface area (TPSA) is 72.4 Å². The maximum atomic E-state index is 13.5. The number of carbonyl (C=O) groups is 1. The minimum Gasteiger partial charge on any atom is -0.354 e. The third kappa shape index (κ3) is 4.29. The second-order valence-electron chi connectivity index (χ2n) is 6.17. The van der Waals surface area contributed by atoms with Gasteiger partial charge in [0.2, 0.25) is 5.76 Å². The Balaban J connectivity index is 0.00000117. The molecule has 1 fully saturated rings. The van der Waals surface area contributed by atoms with Gasteiger partial charge in [0.05, 0.1) is 9.75 Å². The highest BCUT2D eigenvalue weighted by Gasteiger charge is 2.34. The van der Waals surface area contributed by atoms with Crippen LogP contribution in [0.1, 0.15) is 54.6 Å². The van der Waals surface area contributed by atoms with Crippen molar-refractivity contribution in [2.75, 3.05) is 13.1 Å². The first-order valence-corrected chi connectivity index (χ1v) is 9.58. The van der Waals surface area contributed by atoms with Crippen LogP contribution in [0.15, 0.2) is 16.7 Å². The maximum absolute atomic E-state index is 13.5. The molecule has 0 spiro atoms. The predicted molar refractivity (Wildman–Crippen MR) is 98.6 cm³/mol. The number of alkyl halides is 2. The fraction of sp³-hybridized carbons (Fsp3) is 0.556. The first-order chi connectivity index (χ1) is 12.3. The number of hydrogen-bond acceptors (Lipinski definition) is 5. The summed E-state index contributed by atoms with van der Waals surface area (Å²) in [5, 5.41) is 3.76. The number of nitrogens with two attached hydrogens (primary N) is 1. The van der Waals surface area contributed by atoms with E-state index in [9.17, 15) is 13.6 Å². The average Bonchev–Trinajstić information content (AvgIpc) is 3.23. The standard InChI is InChI=1S/C16H19F2N3O2S.C2H6/c1-9-13(20-23-14(9)16(2,17)18)11-3-4-12(24-11)15(22)21-7-5-10(19)6-8-21;1-2/h3-4,10H,5-8,19H2,1-2H3;1-2H3. The summed E-state index contributed by atoms with van der Waals surface area (Å²) < 4.78 is 31.7. The molecule has 0 atom stereocenters. The lowest BCUT2D eigenvalue weighted by Crippen LogP contribution is -2.42. The maximum Gasteiger partial charge on any atom is 0.304 e. The molecular formula is C18H25F2N3O2S. The normalized spacial score (nSPS) is 15.6. The second-order valence-corrected chi connectivity index (χ2v) is 7.25. The summed E-state index contributed by atoms with van der Waals surface area (Å²) in [6, 6.07) is 3.57. The molecule has 1 amide bonds. The number of amides is 1. The van der Waals surface area contributed by atoms with E-state index in [1.807, 2.05) is 13.8 Å². The van der Waals surface area contributed by atoms with Crippen molar-refractivity contribution in [1.82, 2.24) is 10.1 Å². The minimum atomic E-state index is -3.09. The zero-order valence-corrected chi connectivity index (χ0v) is 16.3. The number of carbonyl (C=O) groups excluding carboxylic acids is 1. The number of aromatic nitrogens is 1. The highest BCUT2D eigenvalue weighted by Crippen LogP contribution is 2.37. The van der Waals surface area contributed by atoms with Crippen LogP contribution >= 0.6 is 11.3 Å². The quantitative estimate of drug-likeness (QED) is 0.849. The van der Waals surface area contributed by atoms with Crippen LogP contribution in [0.4, 0.5) is 8.78 Å². The van der Waals surface area contributed by atoms with Crippen LogP contribution in [0.25, 0.3) is 10.6 Å². The van der Waals surface area contributed by atoms with E-state index in [0.717, 1.165) is 19.8 Å². The Labute approximate surface area is 156 Å². The molecule has 2 aromatic heterocycles. The molecule has 1 aliphatic rings. The Kier molecular flexibility index (Phi) is 6.52. The van der Waals surface area contributed by atoms with Crippen LogP contribution in [0.5, 0.6) is 0 Å². The van der Waals surface area contributed by atoms with Crippen molar-refractivity contribution in [1.29, 1.82) is 0 Å². The predicted octanol–water partition coefficient (Wildman–Crippen LogP) is 4.41. The Hall–Kier alpha value is -1.80. The van der Waals surface area contributed by atoms with Gasteiger partial charge in [-0.1, -0.05) is 19.0 Å². The van der Waals surface area contributed by atoms with E-state index in [1.54, 1.807) is 24.0 Å². The number of likely N-dealkylation sites (tertiary alicyclic amines) is 1. The minimum absolute atomic E-state index is 0.0552. The van der Waals surface area contributed by atoms with Crippen molar-refractivity contribution >= 4 is 17.2 Å². The van der Waals surface area contributed by atoms with Gasteiger partial charge in [0.25, 0.3) is 5.91 Å². The van der Waals surface area contributed by atoms with Crippen LogP contribution in [0.2, 0.25) is 0 Å². The lowest BCUT2D eigenvalue weighted by molar-refractivity contribution is -0.0112. The largest absolute Gasteiger partial charge is 0.354 e. The first kappa shape index (κ1) is 20.5. The number of halogens is 2. The van der Waals surface area contributed by atoms with E-state index in [0.29, 0.717) is 34.1 Å². The Bertz CT molecular complexity index is 744. The van der Waals surface area contributed by atoms with Crippen LogP contribution in [-0.2, 0) is 5.92 Å². The van der Waals surface area contributed by atoms with Crippen molar-refractivity contribution in [3.8, 4) is 10.6 Å². The summed E-state index contributed by atoms with van der Waals surface area (Å²) in [6.45, 7) is 7.60. The van der Waals surface area contributed by atoms with Crippen LogP contribution in [-0.4, -0.2) is 35.1 Å². The molecule has 1 aliphatic heterocycles. The zero-order chi connectivity index (χ0) is 19.5. The molecule has 2 aromatic rings. The third-order valence-corrected chi connectivity index (χ3v) is 5.28. The van der Waals surface area contributed by atoms with Crippen LogP contribution < -0.4 is 5.73 Å². The van der Waals surface area contributed by atoms with Gasteiger partial charge in [-0.05, 0) is 31.9 Å². The van der Waals surface area contributed by atoms with Crippen LogP contribution in [0.3, 0.4) is 0 Å². The molecule has 1 saturated heterocycles. The van der Waals surface area contributed by atoms with Crippen molar-refractivity contribution in [2.45, 2.75) is 52.5 Å². The zero-order valence-electron chi connectivity index (χ0n) is 15.5. The second kappa shape index (κ2) is 8.26. The molecule has 3 heterocycles. The number of thiophene rings is 1. The molecule has 0 unspecified atom stereocenters. The number of hydrogen-bond donors (Lipinski definition) is 1. The molecule has 0 radical (unpaired) electrons. The van der Waals surface area contributed by atoms with Crippen LogP contribution in [0, 0.1) is 6.92 Å². The van der Waals surface area contributed by atoms with Gasteiger partial charge in [0, 0.05) is 31.6 Å². The molecule has 0 bridgehead atoms. The molecule has 0 aliphatic carbocycles. The van der Waals surface area contributed by atoms with Crippen molar-refractivity contribution in [2.24, 2.45) is 5.73 Å². The van der Waals surface area contributed by atoms with Gasteiger partial charge >= 0.3 is 5.92 Å². The van der Waals surface area contributed by atoms with Crippen molar-refractivity contribution in [3.05, 3.63) is 28.3 Å². The van der Waals surface area contributed by atoms with E-state index >= 15 is 0 Å². The third-order valence-electron chi connectivity index (χ3n) is 4.20. The fourth-order valence-corrected chi connectivity index (χ4v) is 3.83. The van der Waals surface area contributed by atoms with Gasteiger partial charge in [-0.2, -0.15) is 8.78 Å². The first-order valence-electron chi connectivity index (χ1n) is 8.77. The van der Waals surface area contributed by atoms with E-state index < -0.39 is 11.7 Å². The fourth-order valence-electron chi connectivity index (χ4n) is 2.81. The molecule has 0 saturated carbocycles. The Morgan fingerprint density at radius 2 is 1.96 bits per heavy atom. The number of rotatable bonds is 3. The van der Waals surface area contributed by atoms with E-state index in [4.69, 9.17) is 10.3 Å².